The number of aromatic nitrogens is 3. The molecule has 0 atom stereocenters. The van der Waals surface area contributed by atoms with E-state index in [-0.39, 0.29) is 11.3 Å². The first-order chi connectivity index (χ1) is 6.07. The van der Waals surface area contributed by atoms with Crippen LogP contribution in [-0.4, -0.2) is 19.5 Å². The van der Waals surface area contributed by atoms with Crippen molar-refractivity contribution in [3.63, 3.8) is 0 Å². The molecule has 70 valence electrons. The molecule has 0 aliphatic rings. The zero-order valence-corrected chi connectivity index (χ0v) is 6.56. The van der Waals surface area contributed by atoms with Crippen molar-refractivity contribution >= 4 is 0 Å². The summed E-state index contributed by atoms with van der Waals surface area (Å²) in [5.41, 5.74) is -3.12. The van der Waals surface area contributed by atoms with Crippen molar-refractivity contribution < 1.29 is 5.21 Å². The standard InChI is InChI=1S/C6H7N3O4/c1-2-3-8-4(10)7-5(11)9(13)6(8)12/h2,13H,1,3H2,(H,7,10,11). The average Bonchev–Trinajstić information content (AvgIpc) is 2.09. The molecule has 0 fully saturated rings. The largest absolute Gasteiger partial charge is 0.420 e. The average molecular weight is 185 g/mol. The maximum atomic E-state index is 11.0. The molecule has 0 saturated heterocycles. The van der Waals surface area contributed by atoms with Crippen molar-refractivity contribution in [3.05, 3.63) is 44.1 Å². The maximum Gasteiger partial charge on any atom is 0.370 e. The van der Waals surface area contributed by atoms with Gasteiger partial charge in [0.25, 0.3) is 0 Å². The predicted molar refractivity (Wildman–Crippen MR) is 43.0 cm³/mol. The first-order valence-corrected chi connectivity index (χ1v) is 3.34. The summed E-state index contributed by atoms with van der Waals surface area (Å²) in [6.07, 6.45) is 1.29. The minimum Gasteiger partial charge on any atom is -0.420 e. The molecule has 7 nitrogen and oxygen atoms in total. The normalized spacial score (nSPS) is 9.85. The Morgan fingerprint density at radius 1 is 1.38 bits per heavy atom. The predicted octanol–water partition coefficient (Wildman–Crippen LogP) is -1.88. The van der Waals surface area contributed by atoms with Crippen molar-refractivity contribution in [2.75, 3.05) is 0 Å². The molecule has 7 heteroatoms. The Bertz CT molecular complexity index is 492. The summed E-state index contributed by atoms with van der Waals surface area (Å²) in [7, 11) is 0. The van der Waals surface area contributed by atoms with Crippen LogP contribution in [0.2, 0.25) is 0 Å². The smallest absolute Gasteiger partial charge is 0.370 e. The van der Waals surface area contributed by atoms with Gasteiger partial charge in [-0.05, 0) is 0 Å². The molecule has 0 bridgehead atoms. The van der Waals surface area contributed by atoms with Gasteiger partial charge in [0.05, 0.1) is 6.54 Å². The van der Waals surface area contributed by atoms with Gasteiger partial charge in [-0.1, -0.05) is 10.8 Å². The van der Waals surface area contributed by atoms with Gasteiger partial charge in [0.2, 0.25) is 0 Å². The van der Waals surface area contributed by atoms with Crippen LogP contribution in [-0.2, 0) is 6.54 Å². The second-order valence-corrected chi connectivity index (χ2v) is 2.23. The molecule has 0 aliphatic heterocycles. The van der Waals surface area contributed by atoms with E-state index in [2.05, 4.69) is 6.58 Å². The maximum absolute atomic E-state index is 11.0. The number of rotatable bonds is 2. The molecule has 0 amide bonds. The van der Waals surface area contributed by atoms with Gasteiger partial charge >= 0.3 is 17.1 Å². The molecular weight excluding hydrogens is 178 g/mol. The fourth-order valence-corrected chi connectivity index (χ4v) is 0.790. The molecule has 1 heterocycles. The third kappa shape index (κ3) is 1.43. The van der Waals surface area contributed by atoms with E-state index in [9.17, 15) is 14.4 Å². The van der Waals surface area contributed by atoms with Crippen LogP contribution in [0.4, 0.5) is 0 Å². The molecule has 1 rings (SSSR count). The topological polar surface area (TPSA) is 97.1 Å². The number of nitrogens with zero attached hydrogens (tertiary/aromatic N) is 2. The summed E-state index contributed by atoms with van der Waals surface area (Å²) in [6.45, 7) is 3.23. The summed E-state index contributed by atoms with van der Waals surface area (Å²) >= 11 is 0. The van der Waals surface area contributed by atoms with Gasteiger partial charge in [0, 0.05) is 0 Å². The van der Waals surface area contributed by atoms with Gasteiger partial charge in [-0.25, -0.2) is 19.0 Å². The summed E-state index contributed by atoms with van der Waals surface area (Å²) in [4.78, 5) is 34.3. The van der Waals surface area contributed by atoms with E-state index in [4.69, 9.17) is 5.21 Å². The molecule has 1 aromatic heterocycles. The van der Waals surface area contributed by atoms with Gasteiger partial charge in [-0.15, -0.1) is 6.58 Å². The van der Waals surface area contributed by atoms with Crippen LogP contribution in [0.15, 0.2) is 27.0 Å². The van der Waals surface area contributed by atoms with Crippen molar-refractivity contribution in [1.82, 2.24) is 14.3 Å². The number of aromatic amines is 1. The number of nitrogens with one attached hydrogen (secondary N) is 1. The van der Waals surface area contributed by atoms with Crippen molar-refractivity contribution in [3.8, 4) is 0 Å². The first kappa shape index (κ1) is 9.04. The van der Waals surface area contributed by atoms with E-state index in [0.717, 1.165) is 0 Å². The van der Waals surface area contributed by atoms with E-state index in [1.165, 1.54) is 6.08 Å². The monoisotopic (exact) mass is 185 g/mol. The van der Waals surface area contributed by atoms with Gasteiger partial charge in [-0.2, -0.15) is 0 Å². The van der Waals surface area contributed by atoms with E-state index in [1.54, 1.807) is 4.98 Å². The van der Waals surface area contributed by atoms with E-state index in [0.29, 0.717) is 4.57 Å². The molecule has 1 aromatic rings. The zero-order chi connectivity index (χ0) is 10.0. The quantitative estimate of drug-likeness (QED) is 0.416. The fourth-order valence-electron chi connectivity index (χ4n) is 0.790. The molecule has 0 spiro atoms. The van der Waals surface area contributed by atoms with Gasteiger partial charge in [0.15, 0.2) is 0 Å². The highest BCUT2D eigenvalue weighted by molar-refractivity contribution is 4.76. The Labute approximate surface area is 71.1 Å². The summed E-state index contributed by atoms with van der Waals surface area (Å²) in [5.74, 6) is 0. The Morgan fingerprint density at radius 3 is 2.54 bits per heavy atom. The van der Waals surface area contributed by atoms with Gasteiger partial charge in [-0.3, -0.25) is 4.98 Å². The molecule has 0 saturated carbocycles. The van der Waals surface area contributed by atoms with Gasteiger partial charge < -0.3 is 5.21 Å². The SMILES string of the molecule is C=CCn1c(=O)[nH]c(=O)n(O)c1=O. The van der Waals surface area contributed by atoms with Gasteiger partial charge in [0.1, 0.15) is 0 Å². The number of allylic oxidation sites excluding steroid dienone is 1. The Hall–Kier alpha value is -2.05. The summed E-state index contributed by atoms with van der Waals surface area (Å²) in [5, 5.41) is 8.80. The van der Waals surface area contributed by atoms with Crippen LogP contribution in [0.3, 0.4) is 0 Å². The number of H-pyrrole nitrogens is 1. The Balaban J connectivity index is 3.63. The zero-order valence-electron chi connectivity index (χ0n) is 6.56. The third-order valence-corrected chi connectivity index (χ3v) is 1.38. The van der Waals surface area contributed by atoms with Crippen LogP contribution >= 0.6 is 0 Å². The highest BCUT2D eigenvalue weighted by atomic mass is 16.5. The molecule has 2 N–H and O–H groups in total. The lowest BCUT2D eigenvalue weighted by Crippen LogP contribution is -2.48. The van der Waals surface area contributed by atoms with Crippen molar-refractivity contribution in [2.45, 2.75) is 6.54 Å². The molecule has 0 aromatic carbocycles. The highest BCUT2D eigenvalue weighted by Crippen LogP contribution is 1.68. The molecule has 0 aliphatic carbocycles. The lowest BCUT2D eigenvalue weighted by molar-refractivity contribution is 0.147. The lowest BCUT2D eigenvalue weighted by Gasteiger charge is -1.99. The van der Waals surface area contributed by atoms with Crippen molar-refractivity contribution in [1.29, 1.82) is 0 Å². The van der Waals surface area contributed by atoms with Crippen LogP contribution in [0.5, 0.6) is 0 Å². The summed E-state index contributed by atoms with van der Waals surface area (Å²) < 4.78 is 0.458. The van der Waals surface area contributed by atoms with E-state index >= 15 is 0 Å². The van der Waals surface area contributed by atoms with Crippen LogP contribution in [0.1, 0.15) is 0 Å². The molecule has 0 unspecified atom stereocenters. The Kier molecular flexibility index (Phi) is 2.18. The van der Waals surface area contributed by atoms with E-state index < -0.39 is 17.1 Å². The van der Waals surface area contributed by atoms with Crippen LogP contribution in [0.25, 0.3) is 0 Å². The summed E-state index contributed by atoms with van der Waals surface area (Å²) in [6, 6.07) is 0. The highest BCUT2D eigenvalue weighted by Gasteiger charge is 2.05. The first-order valence-electron chi connectivity index (χ1n) is 3.34. The molecular formula is C6H7N3O4. The minimum atomic E-state index is -1.16. The number of hydrogen-bond acceptors (Lipinski definition) is 4. The lowest BCUT2D eigenvalue weighted by atomic mass is 10.6. The second-order valence-electron chi connectivity index (χ2n) is 2.23. The van der Waals surface area contributed by atoms with Crippen LogP contribution in [0, 0.1) is 0 Å². The Morgan fingerprint density at radius 2 is 2.00 bits per heavy atom. The molecule has 0 radical (unpaired) electrons. The number of hydrogen-bond donors (Lipinski definition) is 2. The third-order valence-electron chi connectivity index (χ3n) is 1.38. The van der Waals surface area contributed by atoms with Crippen molar-refractivity contribution in [2.24, 2.45) is 0 Å². The minimum absolute atomic E-state index is 0.0744. The second kappa shape index (κ2) is 3.13. The van der Waals surface area contributed by atoms with Crippen LogP contribution < -0.4 is 17.1 Å². The molecule has 13 heavy (non-hydrogen) atoms. The van der Waals surface area contributed by atoms with E-state index in [1.807, 2.05) is 0 Å². The fraction of sp³-hybridized carbons (Fsp3) is 0.167.